The quantitative estimate of drug-likeness (QED) is 0.726. The molecule has 3 heterocycles. The van der Waals surface area contributed by atoms with Crippen molar-refractivity contribution in [1.82, 2.24) is 25.1 Å². The minimum atomic E-state index is 0.0359. The number of hydrogen-bond donors (Lipinski definition) is 3. The van der Waals surface area contributed by atoms with Gasteiger partial charge in [-0.25, -0.2) is 9.97 Å². The van der Waals surface area contributed by atoms with Crippen LogP contribution in [0.15, 0.2) is 12.4 Å². The first kappa shape index (κ1) is 20.2. The number of aliphatic hydroxyl groups excluding tert-OH is 1. The van der Waals surface area contributed by atoms with Crippen LogP contribution in [0.2, 0.25) is 0 Å². The van der Waals surface area contributed by atoms with Crippen LogP contribution in [0.1, 0.15) is 62.2 Å². The molecule has 0 spiro atoms. The van der Waals surface area contributed by atoms with Crippen molar-refractivity contribution in [3.63, 3.8) is 0 Å². The zero-order chi connectivity index (χ0) is 19.9. The second-order valence-electron chi connectivity index (χ2n) is 7.46. The van der Waals surface area contributed by atoms with E-state index in [2.05, 4.69) is 26.5 Å². The van der Waals surface area contributed by atoms with Gasteiger partial charge in [0.15, 0.2) is 0 Å². The maximum Gasteiger partial charge on any atom is 0.220 e. The van der Waals surface area contributed by atoms with Gasteiger partial charge in [0.2, 0.25) is 5.95 Å². The lowest BCUT2D eigenvalue weighted by Gasteiger charge is -2.24. The number of piperidine rings is 1. The summed E-state index contributed by atoms with van der Waals surface area (Å²) in [7, 11) is 0. The van der Waals surface area contributed by atoms with E-state index in [1.165, 1.54) is 25.5 Å². The molecule has 1 aliphatic carbocycles. The molecular weight excluding hydrogens is 354 g/mol. The summed E-state index contributed by atoms with van der Waals surface area (Å²) in [6.07, 6.45) is 11.3. The van der Waals surface area contributed by atoms with Crippen LogP contribution >= 0.6 is 0 Å². The molecule has 8 heteroatoms. The zero-order valence-corrected chi connectivity index (χ0v) is 16.4. The lowest BCUT2D eigenvalue weighted by Crippen LogP contribution is -2.30. The Balaban J connectivity index is 0.000000271. The normalized spacial score (nSPS) is 18.2. The summed E-state index contributed by atoms with van der Waals surface area (Å²) in [5, 5.41) is 26.0. The van der Waals surface area contributed by atoms with Gasteiger partial charge in [0.1, 0.15) is 6.07 Å². The molecule has 2 fully saturated rings. The molecule has 0 amide bonds. The highest BCUT2D eigenvalue weighted by Crippen LogP contribution is 2.28. The van der Waals surface area contributed by atoms with Crippen molar-refractivity contribution >= 4 is 5.95 Å². The molecule has 0 aromatic carbocycles. The molecule has 150 valence electrons. The Morgan fingerprint density at radius 2 is 1.89 bits per heavy atom. The summed E-state index contributed by atoms with van der Waals surface area (Å²) in [5.74, 6) is 0.165. The zero-order valence-electron chi connectivity index (χ0n) is 16.4. The third-order valence-electron chi connectivity index (χ3n) is 5.46. The molecule has 1 saturated heterocycles. The molecule has 2 aromatic heterocycles. The minimum absolute atomic E-state index is 0.0359. The number of anilines is 1. The Labute approximate surface area is 165 Å². The van der Waals surface area contributed by atoms with Crippen molar-refractivity contribution in [1.29, 1.82) is 5.26 Å². The van der Waals surface area contributed by atoms with Gasteiger partial charge in [0.25, 0.3) is 0 Å². The summed E-state index contributed by atoms with van der Waals surface area (Å²) >= 11 is 0. The Morgan fingerprint density at radius 1 is 1.18 bits per heavy atom. The first-order chi connectivity index (χ1) is 13.6. The van der Waals surface area contributed by atoms with Crippen LogP contribution < -0.4 is 11.1 Å². The maximum absolute atomic E-state index is 9.21. The fraction of sp³-hybridized carbons (Fsp3) is 0.600. The monoisotopic (exact) mass is 383 g/mol. The van der Waals surface area contributed by atoms with Crippen molar-refractivity contribution in [2.45, 2.75) is 64.0 Å². The Bertz CT molecular complexity index is 814. The molecule has 8 nitrogen and oxygen atoms in total. The summed E-state index contributed by atoms with van der Waals surface area (Å²) in [4.78, 5) is 8.08. The summed E-state index contributed by atoms with van der Waals surface area (Å²) in [6, 6.07) is 2.50. The van der Waals surface area contributed by atoms with Gasteiger partial charge in [-0.2, -0.15) is 10.4 Å². The second-order valence-corrected chi connectivity index (χ2v) is 7.46. The number of nitrogens with one attached hydrogen (secondary N) is 1. The topological polar surface area (TPSA) is 126 Å². The molecule has 0 bridgehead atoms. The number of nitrogens with zero attached hydrogens (tertiary/aromatic N) is 5. The Hall–Kier alpha value is -2.50. The van der Waals surface area contributed by atoms with Crippen molar-refractivity contribution in [2.24, 2.45) is 0 Å². The van der Waals surface area contributed by atoms with E-state index in [-0.39, 0.29) is 12.1 Å². The predicted molar refractivity (Wildman–Crippen MR) is 107 cm³/mol. The summed E-state index contributed by atoms with van der Waals surface area (Å²) < 4.78 is 2.04. The molecule has 2 aliphatic rings. The van der Waals surface area contributed by atoms with E-state index in [0.717, 1.165) is 50.0 Å². The van der Waals surface area contributed by atoms with Crippen molar-refractivity contribution < 1.29 is 5.11 Å². The number of hydrogen-bond acceptors (Lipinski definition) is 7. The highest BCUT2D eigenvalue weighted by molar-refractivity contribution is 5.68. The molecular formula is C20H29N7O. The summed E-state index contributed by atoms with van der Waals surface area (Å²) in [6.45, 7) is 4.01. The average molecular weight is 384 g/mol. The number of nitrogens with two attached hydrogens (primary N) is 1. The first-order valence-corrected chi connectivity index (χ1v) is 10.1. The van der Waals surface area contributed by atoms with E-state index < -0.39 is 0 Å². The standard InChI is InChI=1S/C14H17N7.C6H12O/c1-9-12(13-10(6-15)7-18-14(16)20-13)8-19-21(9)11-2-4-17-5-3-11;7-6-4-2-1-3-5-6/h7-8,11,17H,2-5H2,1H3,(H2,16,18,20);6-7H,1-5H2. The van der Waals surface area contributed by atoms with Gasteiger partial charge in [-0.3, -0.25) is 4.68 Å². The number of rotatable bonds is 2. The molecule has 4 rings (SSSR count). The lowest BCUT2D eigenvalue weighted by atomic mass is 9.98. The number of nitrogen functional groups attached to an aromatic ring is 1. The predicted octanol–water partition coefficient (Wildman–Crippen LogP) is 2.34. The van der Waals surface area contributed by atoms with Crippen LogP contribution in [0.4, 0.5) is 5.95 Å². The molecule has 1 saturated carbocycles. The molecule has 4 N–H and O–H groups in total. The van der Waals surface area contributed by atoms with Gasteiger partial charge in [0.05, 0.1) is 35.8 Å². The van der Waals surface area contributed by atoms with Crippen LogP contribution in [0.3, 0.4) is 0 Å². The molecule has 0 atom stereocenters. The van der Waals surface area contributed by atoms with E-state index in [4.69, 9.17) is 10.8 Å². The fourth-order valence-electron chi connectivity index (χ4n) is 3.84. The van der Waals surface area contributed by atoms with Crippen LogP contribution in [0.5, 0.6) is 0 Å². The highest BCUT2D eigenvalue weighted by atomic mass is 16.3. The number of aliphatic hydroxyl groups is 1. The van der Waals surface area contributed by atoms with Gasteiger partial charge in [-0.05, 0) is 45.7 Å². The van der Waals surface area contributed by atoms with Crippen LogP contribution in [0.25, 0.3) is 11.3 Å². The summed E-state index contributed by atoms with van der Waals surface area (Å²) in [5.41, 5.74) is 8.48. The molecule has 0 radical (unpaired) electrons. The second kappa shape index (κ2) is 9.62. The van der Waals surface area contributed by atoms with Gasteiger partial charge in [-0.15, -0.1) is 0 Å². The number of nitriles is 1. The van der Waals surface area contributed by atoms with Crippen molar-refractivity contribution in [2.75, 3.05) is 18.8 Å². The Morgan fingerprint density at radius 3 is 2.50 bits per heavy atom. The van der Waals surface area contributed by atoms with E-state index in [9.17, 15) is 5.26 Å². The first-order valence-electron chi connectivity index (χ1n) is 10.1. The van der Waals surface area contributed by atoms with Gasteiger partial charge in [0, 0.05) is 11.3 Å². The molecule has 2 aromatic rings. The van der Waals surface area contributed by atoms with Crippen molar-refractivity contribution in [3.05, 3.63) is 23.7 Å². The van der Waals surface area contributed by atoms with E-state index >= 15 is 0 Å². The molecule has 1 aliphatic heterocycles. The highest BCUT2D eigenvalue weighted by Gasteiger charge is 2.21. The maximum atomic E-state index is 9.21. The third kappa shape index (κ3) is 4.86. The SMILES string of the molecule is Cc1c(-c2nc(N)ncc2C#N)cnn1C1CCNCC1.OC1CCCCC1. The smallest absolute Gasteiger partial charge is 0.220 e. The van der Waals surface area contributed by atoms with Gasteiger partial charge in [-0.1, -0.05) is 19.3 Å². The van der Waals surface area contributed by atoms with Crippen LogP contribution in [-0.4, -0.2) is 44.0 Å². The van der Waals surface area contributed by atoms with Gasteiger partial charge < -0.3 is 16.2 Å². The number of aromatic nitrogens is 4. The lowest BCUT2D eigenvalue weighted by molar-refractivity contribution is 0.130. The fourth-order valence-corrected chi connectivity index (χ4v) is 3.84. The van der Waals surface area contributed by atoms with Crippen molar-refractivity contribution in [3.8, 4) is 17.3 Å². The van der Waals surface area contributed by atoms with Gasteiger partial charge >= 0.3 is 0 Å². The molecule has 0 unspecified atom stereocenters. The minimum Gasteiger partial charge on any atom is -0.393 e. The largest absolute Gasteiger partial charge is 0.393 e. The van der Waals surface area contributed by atoms with Crippen LogP contribution in [-0.2, 0) is 0 Å². The van der Waals surface area contributed by atoms with Crippen LogP contribution in [0, 0.1) is 18.3 Å². The van der Waals surface area contributed by atoms with E-state index in [1.54, 1.807) is 6.20 Å². The average Bonchev–Trinajstić information content (AvgIpc) is 3.11. The molecule has 28 heavy (non-hydrogen) atoms. The van der Waals surface area contributed by atoms with E-state index in [0.29, 0.717) is 17.3 Å². The Kier molecular flexibility index (Phi) is 6.95. The van der Waals surface area contributed by atoms with E-state index in [1.807, 2.05) is 11.6 Å². The third-order valence-corrected chi connectivity index (χ3v) is 5.46.